The lowest BCUT2D eigenvalue weighted by molar-refractivity contribution is -0.141. The molecule has 3 saturated heterocycles. The molecule has 2 amide bonds. The maximum atomic E-state index is 12.7. The molecular formula is C21H27N5O2S. The number of fused-ring (bicyclic) bond motifs is 1. The zero-order chi connectivity index (χ0) is 19.8. The molecule has 3 aliphatic heterocycles. The summed E-state index contributed by atoms with van der Waals surface area (Å²) < 4.78 is 1.10. The summed E-state index contributed by atoms with van der Waals surface area (Å²) in [7, 11) is 0. The summed E-state index contributed by atoms with van der Waals surface area (Å²) in [6.07, 6.45) is 8.28. The number of aromatic nitrogens is 2. The molecule has 0 bridgehead atoms. The van der Waals surface area contributed by atoms with E-state index in [-0.39, 0.29) is 23.9 Å². The molecule has 0 N–H and O–H groups in total. The third-order valence-electron chi connectivity index (χ3n) is 6.82. The number of anilines is 1. The van der Waals surface area contributed by atoms with E-state index in [4.69, 9.17) is 4.98 Å². The number of likely N-dealkylation sites (tertiary alicyclic amines) is 2. The molecule has 0 unspecified atom stereocenters. The zero-order valence-corrected chi connectivity index (χ0v) is 17.5. The van der Waals surface area contributed by atoms with Crippen molar-refractivity contribution in [2.24, 2.45) is 0 Å². The molecule has 5 rings (SSSR count). The Balaban J connectivity index is 1.32. The maximum Gasteiger partial charge on any atom is 0.242 e. The van der Waals surface area contributed by atoms with Gasteiger partial charge < -0.3 is 14.7 Å². The molecule has 3 aliphatic rings. The molecule has 0 saturated carbocycles. The highest BCUT2D eigenvalue weighted by Crippen LogP contribution is 2.39. The van der Waals surface area contributed by atoms with Crippen molar-refractivity contribution in [3.05, 3.63) is 17.6 Å². The molecule has 154 valence electrons. The fourth-order valence-electron chi connectivity index (χ4n) is 5.14. The summed E-state index contributed by atoms with van der Waals surface area (Å²) in [5.41, 5.74) is 0.807. The van der Waals surface area contributed by atoms with Crippen molar-refractivity contribution in [3.63, 3.8) is 0 Å². The molecule has 2 aromatic rings. The SMILES string of the molecule is O=C(CN1C(=O)CC[C@@]12CCCN(c1ncc3sccc3n1)CC2)N1CCCC1. The third kappa shape index (κ3) is 3.47. The molecule has 0 aromatic carbocycles. The quantitative estimate of drug-likeness (QED) is 0.774. The van der Waals surface area contributed by atoms with Crippen molar-refractivity contribution in [2.75, 3.05) is 37.6 Å². The average Bonchev–Trinajstić information content (AvgIpc) is 3.44. The molecule has 7 nitrogen and oxygen atoms in total. The van der Waals surface area contributed by atoms with Crippen LogP contribution in [0.1, 0.15) is 44.9 Å². The van der Waals surface area contributed by atoms with Crippen LogP contribution in [0.4, 0.5) is 5.95 Å². The van der Waals surface area contributed by atoms with Crippen LogP contribution in [0.25, 0.3) is 10.2 Å². The first-order valence-corrected chi connectivity index (χ1v) is 11.6. The summed E-state index contributed by atoms with van der Waals surface area (Å²) >= 11 is 1.65. The molecule has 0 aliphatic carbocycles. The second kappa shape index (κ2) is 7.55. The number of nitrogens with zero attached hydrogens (tertiary/aromatic N) is 5. The summed E-state index contributed by atoms with van der Waals surface area (Å²) in [5, 5.41) is 2.04. The number of hydrogen-bond donors (Lipinski definition) is 0. The minimum atomic E-state index is -0.187. The normalized spacial score (nSPS) is 25.4. The minimum Gasteiger partial charge on any atom is -0.341 e. The van der Waals surface area contributed by atoms with Crippen molar-refractivity contribution < 1.29 is 9.59 Å². The first-order valence-electron chi connectivity index (χ1n) is 10.7. The fraction of sp³-hybridized carbons (Fsp3) is 0.619. The smallest absolute Gasteiger partial charge is 0.242 e. The van der Waals surface area contributed by atoms with Gasteiger partial charge in [-0.1, -0.05) is 0 Å². The molecule has 1 spiro atoms. The van der Waals surface area contributed by atoms with Gasteiger partial charge >= 0.3 is 0 Å². The van der Waals surface area contributed by atoms with Gasteiger partial charge in [0.05, 0.1) is 16.4 Å². The number of thiophene rings is 1. The van der Waals surface area contributed by atoms with Crippen LogP contribution in [-0.4, -0.2) is 69.8 Å². The standard InChI is InChI=1S/C21H27N5O2S/c27-18-4-7-21(26(18)15-19(28)24-9-1-2-10-24)6-3-11-25(12-8-21)20-22-14-17-16(23-20)5-13-29-17/h5,13-14H,1-4,6-12,15H2/t21-/m1/s1. The topological polar surface area (TPSA) is 69.6 Å². The van der Waals surface area contributed by atoms with Gasteiger partial charge in [-0.25, -0.2) is 9.97 Å². The van der Waals surface area contributed by atoms with Crippen molar-refractivity contribution in [1.29, 1.82) is 0 Å². The summed E-state index contributed by atoms with van der Waals surface area (Å²) in [5.74, 6) is 1.03. The second-order valence-electron chi connectivity index (χ2n) is 8.47. The first-order chi connectivity index (χ1) is 14.1. The van der Waals surface area contributed by atoms with Crippen molar-refractivity contribution >= 4 is 39.3 Å². The number of carbonyl (C=O) groups is 2. The molecule has 3 fully saturated rings. The molecule has 8 heteroatoms. The van der Waals surface area contributed by atoms with Gasteiger partial charge in [0.2, 0.25) is 17.8 Å². The Kier molecular flexibility index (Phi) is 4.89. The molecule has 2 aromatic heterocycles. The second-order valence-corrected chi connectivity index (χ2v) is 9.42. The van der Waals surface area contributed by atoms with Crippen molar-refractivity contribution in [1.82, 2.24) is 19.8 Å². The van der Waals surface area contributed by atoms with Gasteiger partial charge in [-0.05, 0) is 50.0 Å². The maximum absolute atomic E-state index is 12.7. The van der Waals surface area contributed by atoms with E-state index in [0.29, 0.717) is 6.42 Å². The van der Waals surface area contributed by atoms with Gasteiger partial charge in [-0.2, -0.15) is 0 Å². The van der Waals surface area contributed by atoms with Gasteiger partial charge in [-0.15, -0.1) is 11.3 Å². The van der Waals surface area contributed by atoms with Crippen LogP contribution >= 0.6 is 11.3 Å². The number of carbonyl (C=O) groups excluding carboxylic acids is 2. The first kappa shape index (κ1) is 18.8. The predicted molar refractivity (Wildman–Crippen MR) is 113 cm³/mol. The van der Waals surface area contributed by atoms with Crippen LogP contribution < -0.4 is 4.90 Å². The van der Waals surface area contributed by atoms with Crippen LogP contribution in [0.5, 0.6) is 0 Å². The van der Waals surface area contributed by atoms with Crippen molar-refractivity contribution in [2.45, 2.75) is 50.5 Å². The Bertz CT molecular complexity index is 925. The zero-order valence-electron chi connectivity index (χ0n) is 16.7. The summed E-state index contributed by atoms with van der Waals surface area (Å²) in [4.78, 5) is 40.8. The molecule has 5 heterocycles. The van der Waals surface area contributed by atoms with E-state index in [2.05, 4.69) is 9.88 Å². The average molecular weight is 414 g/mol. The van der Waals surface area contributed by atoms with Crippen LogP contribution in [0.15, 0.2) is 17.6 Å². The van der Waals surface area contributed by atoms with E-state index < -0.39 is 0 Å². The largest absolute Gasteiger partial charge is 0.341 e. The highest BCUT2D eigenvalue weighted by atomic mass is 32.1. The van der Waals surface area contributed by atoms with Crippen molar-refractivity contribution in [3.8, 4) is 0 Å². The van der Waals surface area contributed by atoms with Gasteiger partial charge in [-0.3, -0.25) is 9.59 Å². The number of rotatable bonds is 3. The fourth-order valence-corrected chi connectivity index (χ4v) is 5.83. The summed E-state index contributed by atoms with van der Waals surface area (Å²) in [6.45, 7) is 3.63. The predicted octanol–water partition coefficient (Wildman–Crippen LogP) is 2.67. The van der Waals surface area contributed by atoms with E-state index in [0.717, 1.165) is 80.9 Å². The van der Waals surface area contributed by atoms with E-state index in [1.165, 1.54) is 0 Å². The number of amides is 2. The lowest BCUT2D eigenvalue weighted by Gasteiger charge is -2.38. The minimum absolute atomic E-state index is 0.115. The Morgan fingerprint density at radius 3 is 2.83 bits per heavy atom. The van der Waals surface area contributed by atoms with Crippen LogP contribution in [-0.2, 0) is 9.59 Å². The Morgan fingerprint density at radius 2 is 1.97 bits per heavy atom. The summed E-state index contributed by atoms with van der Waals surface area (Å²) in [6, 6.07) is 2.03. The van der Waals surface area contributed by atoms with Crippen LogP contribution in [0.2, 0.25) is 0 Å². The van der Waals surface area contributed by atoms with Gasteiger partial charge in [0.25, 0.3) is 0 Å². The van der Waals surface area contributed by atoms with E-state index >= 15 is 0 Å². The van der Waals surface area contributed by atoms with Gasteiger partial charge in [0.1, 0.15) is 6.54 Å². The molecule has 0 radical (unpaired) electrons. The number of hydrogen-bond acceptors (Lipinski definition) is 6. The molecule has 29 heavy (non-hydrogen) atoms. The lowest BCUT2D eigenvalue weighted by Crippen LogP contribution is -2.51. The lowest BCUT2D eigenvalue weighted by atomic mass is 9.87. The highest BCUT2D eigenvalue weighted by molar-refractivity contribution is 7.17. The third-order valence-corrected chi connectivity index (χ3v) is 7.66. The Labute approximate surface area is 174 Å². The monoisotopic (exact) mass is 413 g/mol. The van der Waals surface area contributed by atoms with Crippen LogP contribution in [0.3, 0.4) is 0 Å². The molecule has 1 atom stereocenters. The Morgan fingerprint density at radius 1 is 1.10 bits per heavy atom. The molecular weight excluding hydrogens is 386 g/mol. The highest BCUT2D eigenvalue weighted by Gasteiger charge is 2.46. The van der Waals surface area contributed by atoms with Gasteiger partial charge in [0, 0.05) is 38.1 Å². The van der Waals surface area contributed by atoms with Gasteiger partial charge in [0.15, 0.2) is 0 Å². The van der Waals surface area contributed by atoms with E-state index in [1.807, 2.05) is 27.4 Å². The Hall–Kier alpha value is -2.22. The van der Waals surface area contributed by atoms with E-state index in [9.17, 15) is 9.59 Å². The van der Waals surface area contributed by atoms with Crippen LogP contribution in [0, 0.1) is 0 Å². The van der Waals surface area contributed by atoms with E-state index in [1.54, 1.807) is 11.3 Å².